The molecule has 1 fully saturated rings. The molecule has 2 aliphatic heterocycles. The molecule has 4 heterocycles. The Kier molecular flexibility index (Phi) is 6.74. The van der Waals surface area contributed by atoms with Gasteiger partial charge >= 0.3 is 0 Å². The Balaban J connectivity index is 1.51. The van der Waals surface area contributed by atoms with Crippen LogP contribution in [-0.2, 0) is 29.1 Å². The van der Waals surface area contributed by atoms with Gasteiger partial charge in [-0.15, -0.1) is 11.3 Å². The van der Waals surface area contributed by atoms with Crippen LogP contribution < -0.4 is 5.56 Å². The monoisotopic (exact) mass is 496 g/mol. The Hall–Kier alpha value is -2.65. The molecule has 2 amide bonds. The van der Waals surface area contributed by atoms with Gasteiger partial charge in [0.1, 0.15) is 4.83 Å². The van der Waals surface area contributed by atoms with Crippen LogP contribution in [-0.4, -0.2) is 56.6 Å². The molecule has 178 valence electrons. The standard InChI is InChI=1S/C25H28N4O3S2/c1-17(30)28-13-10-19-20(15-28)34-23-22(19)24(32)29(14-18-8-4-2-5-9-18)25(26-23)33-16-21(31)27-11-6-3-7-12-27/h2,4-5,8-9H,3,6-7,10-16H2,1H3. The number of likely N-dealkylation sites (tertiary alicyclic amines) is 1. The van der Waals surface area contributed by atoms with E-state index in [1.165, 1.54) is 29.5 Å². The summed E-state index contributed by atoms with van der Waals surface area (Å²) in [5, 5.41) is 1.25. The van der Waals surface area contributed by atoms with Crippen LogP contribution in [0.15, 0.2) is 40.3 Å². The van der Waals surface area contributed by atoms with Crippen molar-refractivity contribution in [2.75, 3.05) is 25.4 Å². The smallest absolute Gasteiger partial charge is 0.263 e. The van der Waals surface area contributed by atoms with E-state index >= 15 is 0 Å². The average Bonchev–Trinajstić information content (AvgIpc) is 3.23. The fourth-order valence-electron chi connectivity index (χ4n) is 4.70. The van der Waals surface area contributed by atoms with Gasteiger partial charge in [-0.3, -0.25) is 19.0 Å². The summed E-state index contributed by atoms with van der Waals surface area (Å²) in [5.41, 5.74) is 1.98. The maximum atomic E-state index is 13.8. The van der Waals surface area contributed by atoms with Crippen molar-refractivity contribution >= 4 is 45.1 Å². The second-order valence-corrected chi connectivity index (χ2v) is 10.9. The summed E-state index contributed by atoms with van der Waals surface area (Å²) in [6, 6.07) is 9.87. The highest BCUT2D eigenvalue weighted by molar-refractivity contribution is 7.99. The minimum absolute atomic E-state index is 0.0463. The third-order valence-electron chi connectivity index (χ3n) is 6.59. The van der Waals surface area contributed by atoms with E-state index in [0.717, 1.165) is 41.9 Å². The molecule has 2 aromatic heterocycles. The number of thiophene rings is 1. The third-order valence-corrected chi connectivity index (χ3v) is 8.66. The van der Waals surface area contributed by atoms with Gasteiger partial charge in [-0.1, -0.05) is 42.1 Å². The number of carbonyl (C=O) groups is 2. The van der Waals surface area contributed by atoms with Gasteiger partial charge in [0.25, 0.3) is 5.56 Å². The molecule has 0 N–H and O–H groups in total. The van der Waals surface area contributed by atoms with Gasteiger partial charge in [0.2, 0.25) is 11.8 Å². The zero-order chi connectivity index (χ0) is 23.7. The molecule has 1 saturated heterocycles. The van der Waals surface area contributed by atoms with Crippen LogP contribution in [0, 0.1) is 0 Å². The predicted octanol–water partition coefficient (Wildman–Crippen LogP) is 3.52. The molecular weight excluding hydrogens is 468 g/mol. The molecule has 0 aliphatic carbocycles. The van der Waals surface area contributed by atoms with Crippen molar-refractivity contribution in [3.05, 3.63) is 56.7 Å². The zero-order valence-electron chi connectivity index (χ0n) is 19.3. The van der Waals surface area contributed by atoms with E-state index in [4.69, 9.17) is 4.98 Å². The van der Waals surface area contributed by atoms with Gasteiger partial charge in [-0.25, -0.2) is 4.98 Å². The van der Waals surface area contributed by atoms with Crippen LogP contribution in [0.4, 0.5) is 0 Å². The quantitative estimate of drug-likeness (QED) is 0.399. The van der Waals surface area contributed by atoms with Crippen molar-refractivity contribution < 1.29 is 9.59 Å². The largest absolute Gasteiger partial charge is 0.342 e. The Morgan fingerprint density at radius 2 is 1.82 bits per heavy atom. The summed E-state index contributed by atoms with van der Waals surface area (Å²) < 4.78 is 1.72. The molecule has 0 spiro atoms. The summed E-state index contributed by atoms with van der Waals surface area (Å²) in [5.74, 6) is 0.425. The number of benzene rings is 1. The van der Waals surface area contributed by atoms with Crippen LogP contribution >= 0.6 is 23.1 Å². The highest BCUT2D eigenvalue weighted by Crippen LogP contribution is 2.34. The predicted molar refractivity (Wildman–Crippen MR) is 135 cm³/mol. The molecule has 2 aliphatic rings. The summed E-state index contributed by atoms with van der Waals surface area (Å²) >= 11 is 2.85. The van der Waals surface area contributed by atoms with Crippen molar-refractivity contribution in [2.45, 2.75) is 50.9 Å². The number of rotatable bonds is 5. The van der Waals surface area contributed by atoms with E-state index in [0.29, 0.717) is 41.4 Å². The molecule has 1 aromatic carbocycles. The number of piperidine rings is 1. The van der Waals surface area contributed by atoms with Crippen LogP contribution in [0.25, 0.3) is 10.2 Å². The first-order valence-electron chi connectivity index (χ1n) is 11.8. The van der Waals surface area contributed by atoms with Gasteiger partial charge in [0, 0.05) is 31.4 Å². The normalized spacial score (nSPS) is 16.0. The summed E-state index contributed by atoms with van der Waals surface area (Å²) in [6.07, 6.45) is 3.95. The molecule has 7 nitrogen and oxygen atoms in total. The number of thioether (sulfide) groups is 1. The second kappa shape index (κ2) is 9.92. The third kappa shape index (κ3) is 4.63. The fourth-order valence-corrected chi connectivity index (χ4v) is 6.88. The first kappa shape index (κ1) is 23.1. The Bertz CT molecular complexity index is 1280. The lowest BCUT2D eigenvalue weighted by Crippen LogP contribution is -2.37. The van der Waals surface area contributed by atoms with Gasteiger partial charge in [-0.05, 0) is 36.8 Å². The Morgan fingerprint density at radius 3 is 2.56 bits per heavy atom. The number of amides is 2. The molecule has 0 atom stereocenters. The van der Waals surface area contributed by atoms with Crippen LogP contribution in [0.3, 0.4) is 0 Å². The number of carbonyl (C=O) groups excluding carboxylic acids is 2. The second-order valence-electron chi connectivity index (χ2n) is 8.88. The molecule has 0 unspecified atom stereocenters. The SMILES string of the molecule is CC(=O)N1CCc2c(sc3nc(SCC(=O)N4CCCCC4)n(Cc4ccccc4)c(=O)c23)C1. The van der Waals surface area contributed by atoms with E-state index in [1.807, 2.05) is 40.1 Å². The Labute approximate surface area is 206 Å². The topological polar surface area (TPSA) is 75.5 Å². The van der Waals surface area contributed by atoms with Crippen molar-refractivity contribution in [3.63, 3.8) is 0 Å². The van der Waals surface area contributed by atoms with E-state index < -0.39 is 0 Å². The first-order valence-corrected chi connectivity index (χ1v) is 13.6. The lowest BCUT2D eigenvalue weighted by Gasteiger charge is -2.26. The van der Waals surface area contributed by atoms with Crippen LogP contribution in [0.5, 0.6) is 0 Å². The molecule has 0 bridgehead atoms. The van der Waals surface area contributed by atoms with Crippen molar-refractivity contribution in [1.29, 1.82) is 0 Å². The summed E-state index contributed by atoms with van der Waals surface area (Å²) in [6.45, 7) is 4.76. The summed E-state index contributed by atoms with van der Waals surface area (Å²) in [7, 11) is 0. The lowest BCUT2D eigenvalue weighted by molar-refractivity contribution is -0.130. The molecule has 3 aromatic rings. The molecular formula is C25H28N4O3S2. The molecule has 9 heteroatoms. The van der Waals surface area contributed by atoms with Crippen molar-refractivity contribution in [2.24, 2.45) is 0 Å². The summed E-state index contributed by atoms with van der Waals surface area (Å²) in [4.78, 5) is 48.9. The number of aromatic nitrogens is 2. The highest BCUT2D eigenvalue weighted by atomic mass is 32.2. The van der Waals surface area contributed by atoms with Gasteiger partial charge in [-0.2, -0.15) is 0 Å². The van der Waals surface area contributed by atoms with Crippen molar-refractivity contribution in [3.8, 4) is 0 Å². The molecule has 34 heavy (non-hydrogen) atoms. The van der Waals surface area contributed by atoms with Crippen LogP contribution in [0.1, 0.15) is 42.2 Å². The molecule has 0 saturated carbocycles. The number of fused-ring (bicyclic) bond motifs is 3. The lowest BCUT2D eigenvalue weighted by atomic mass is 10.1. The van der Waals surface area contributed by atoms with Crippen LogP contribution in [0.2, 0.25) is 0 Å². The Morgan fingerprint density at radius 1 is 1.06 bits per heavy atom. The number of nitrogens with zero attached hydrogens (tertiary/aromatic N) is 4. The maximum absolute atomic E-state index is 13.8. The van der Waals surface area contributed by atoms with E-state index in [1.54, 1.807) is 11.5 Å². The minimum atomic E-state index is -0.0597. The first-order chi connectivity index (χ1) is 16.5. The van der Waals surface area contributed by atoms with E-state index in [-0.39, 0.29) is 23.1 Å². The maximum Gasteiger partial charge on any atom is 0.263 e. The van der Waals surface area contributed by atoms with E-state index in [2.05, 4.69) is 0 Å². The van der Waals surface area contributed by atoms with Gasteiger partial charge < -0.3 is 9.80 Å². The van der Waals surface area contributed by atoms with Gasteiger partial charge in [0.15, 0.2) is 5.16 Å². The zero-order valence-corrected chi connectivity index (χ0v) is 20.9. The van der Waals surface area contributed by atoms with Gasteiger partial charge in [0.05, 0.1) is 24.2 Å². The molecule has 0 radical (unpaired) electrons. The molecule has 5 rings (SSSR count). The number of hydrogen-bond acceptors (Lipinski definition) is 6. The number of hydrogen-bond donors (Lipinski definition) is 0. The highest BCUT2D eigenvalue weighted by Gasteiger charge is 2.27. The minimum Gasteiger partial charge on any atom is -0.342 e. The van der Waals surface area contributed by atoms with Crippen molar-refractivity contribution in [1.82, 2.24) is 19.4 Å². The fraction of sp³-hybridized carbons (Fsp3) is 0.440. The van der Waals surface area contributed by atoms with E-state index in [9.17, 15) is 14.4 Å². The average molecular weight is 497 g/mol.